The fourth-order valence-corrected chi connectivity index (χ4v) is 2.08. The Labute approximate surface area is 130 Å². The maximum Gasteiger partial charge on any atom is 0.274 e. The Balaban J connectivity index is 2.15. The summed E-state index contributed by atoms with van der Waals surface area (Å²) in [4.78, 5) is 14.4. The Morgan fingerprint density at radius 1 is 1.14 bits per heavy atom. The van der Waals surface area contributed by atoms with Crippen LogP contribution in [0.3, 0.4) is 0 Å². The zero-order valence-corrected chi connectivity index (χ0v) is 13.2. The lowest BCUT2D eigenvalue weighted by molar-refractivity contribution is 0.0682. The number of amides is 1. The van der Waals surface area contributed by atoms with Gasteiger partial charge in [0, 0.05) is 18.7 Å². The molecule has 1 aromatic carbocycles. The molecule has 0 saturated heterocycles. The fraction of sp³-hybridized carbons (Fsp3) is 0.353. The Morgan fingerprint density at radius 2 is 1.86 bits per heavy atom. The van der Waals surface area contributed by atoms with Crippen molar-refractivity contribution in [3.05, 3.63) is 53.7 Å². The second-order valence-corrected chi connectivity index (χ2v) is 5.20. The van der Waals surface area contributed by atoms with Crippen LogP contribution in [0, 0.1) is 0 Å². The molecule has 0 radical (unpaired) electrons. The summed E-state index contributed by atoms with van der Waals surface area (Å²) in [5, 5.41) is 7.89. The van der Waals surface area contributed by atoms with Crippen LogP contribution < -0.4 is 4.74 Å². The van der Waals surface area contributed by atoms with E-state index in [-0.39, 0.29) is 11.9 Å². The molecule has 0 aliphatic heterocycles. The molecule has 0 saturated carbocycles. The molecule has 1 amide bonds. The molecule has 0 N–H and O–H groups in total. The second-order valence-electron chi connectivity index (χ2n) is 5.20. The molecule has 0 aliphatic rings. The van der Waals surface area contributed by atoms with E-state index in [0.29, 0.717) is 24.7 Å². The molecule has 0 unspecified atom stereocenters. The van der Waals surface area contributed by atoms with Crippen molar-refractivity contribution in [1.82, 2.24) is 15.1 Å². The first-order chi connectivity index (χ1) is 10.6. The summed E-state index contributed by atoms with van der Waals surface area (Å²) in [6.07, 6.45) is 0. The van der Waals surface area contributed by atoms with Gasteiger partial charge in [-0.25, -0.2) is 0 Å². The highest BCUT2D eigenvalue weighted by Gasteiger charge is 2.20. The van der Waals surface area contributed by atoms with Crippen molar-refractivity contribution in [2.24, 2.45) is 0 Å². The molecule has 116 valence electrons. The van der Waals surface area contributed by atoms with Gasteiger partial charge >= 0.3 is 0 Å². The van der Waals surface area contributed by atoms with Crippen LogP contribution in [-0.2, 0) is 6.54 Å². The number of ether oxygens (including phenoxy) is 1. The summed E-state index contributed by atoms with van der Waals surface area (Å²) < 4.78 is 5.25. The zero-order chi connectivity index (χ0) is 15.9. The second kappa shape index (κ2) is 7.54. The number of nitrogens with zero attached hydrogens (tertiary/aromatic N) is 3. The minimum Gasteiger partial charge on any atom is -0.477 e. The lowest BCUT2D eigenvalue weighted by Crippen LogP contribution is -2.37. The molecule has 0 atom stereocenters. The number of hydrogen-bond donors (Lipinski definition) is 0. The first-order valence-corrected chi connectivity index (χ1v) is 7.43. The van der Waals surface area contributed by atoms with E-state index >= 15 is 0 Å². The molecule has 0 aliphatic carbocycles. The van der Waals surface area contributed by atoms with Crippen molar-refractivity contribution in [2.45, 2.75) is 33.4 Å². The van der Waals surface area contributed by atoms with Gasteiger partial charge in [-0.3, -0.25) is 4.79 Å². The third kappa shape index (κ3) is 4.04. The van der Waals surface area contributed by atoms with E-state index in [2.05, 4.69) is 10.2 Å². The Morgan fingerprint density at radius 3 is 2.41 bits per heavy atom. The highest BCUT2D eigenvalue weighted by Crippen LogP contribution is 2.13. The number of aromatic nitrogens is 2. The molecular weight excluding hydrogens is 278 g/mol. The average Bonchev–Trinajstić information content (AvgIpc) is 2.54. The number of benzene rings is 1. The largest absolute Gasteiger partial charge is 0.477 e. The van der Waals surface area contributed by atoms with Gasteiger partial charge in [0.2, 0.25) is 5.88 Å². The monoisotopic (exact) mass is 299 g/mol. The molecular formula is C17H21N3O2. The van der Waals surface area contributed by atoms with Crippen molar-refractivity contribution >= 4 is 5.91 Å². The molecule has 1 aromatic heterocycles. The molecule has 5 heteroatoms. The van der Waals surface area contributed by atoms with E-state index < -0.39 is 0 Å². The lowest BCUT2D eigenvalue weighted by atomic mass is 10.1. The summed E-state index contributed by atoms with van der Waals surface area (Å²) in [6, 6.07) is 13.3. The van der Waals surface area contributed by atoms with Gasteiger partial charge in [0.15, 0.2) is 5.69 Å². The predicted octanol–water partition coefficient (Wildman–Crippen LogP) is 2.93. The summed E-state index contributed by atoms with van der Waals surface area (Å²) in [5.74, 6) is 0.299. The third-order valence-electron chi connectivity index (χ3n) is 3.23. The summed E-state index contributed by atoms with van der Waals surface area (Å²) in [6.45, 7) is 6.92. The van der Waals surface area contributed by atoms with Gasteiger partial charge in [-0.2, -0.15) is 0 Å². The maximum atomic E-state index is 12.6. The minimum absolute atomic E-state index is 0.0704. The van der Waals surface area contributed by atoms with Crippen molar-refractivity contribution in [3.8, 4) is 5.88 Å². The Kier molecular flexibility index (Phi) is 5.47. The Hall–Kier alpha value is -2.43. The first-order valence-electron chi connectivity index (χ1n) is 7.43. The van der Waals surface area contributed by atoms with Gasteiger partial charge in [0.05, 0.1) is 6.61 Å². The topological polar surface area (TPSA) is 55.3 Å². The van der Waals surface area contributed by atoms with Crippen LogP contribution in [-0.4, -0.2) is 33.7 Å². The van der Waals surface area contributed by atoms with E-state index in [1.165, 1.54) is 0 Å². The number of rotatable bonds is 6. The van der Waals surface area contributed by atoms with Crippen molar-refractivity contribution < 1.29 is 9.53 Å². The van der Waals surface area contributed by atoms with Crippen LogP contribution in [0.4, 0.5) is 0 Å². The van der Waals surface area contributed by atoms with Crippen molar-refractivity contribution in [2.75, 3.05) is 6.61 Å². The SMILES string of the molecule is CCOc1ccc(C(=O)N(Cc2ccccc2)C(C)C)nn1. The van der Waals surface area contributed by atoms with Crippen LogP contribution in [0.1, 0.15) is 36.8 Å². The molecule has 1 heterocycles. The molecule has 22 heavy (non-hydrogen) atoms. The van der Waals surface area contributed by atoms with Gasteiger partial charge in [0.1, 0.15) is 0 Å². The van der Waals surface area contributed by atoms with Crippen molar-refractivity contribution in [3.63, 3.8) is 0 Å². The normalized spacial score (nSPS) is 10.5. The zero-order valence-electron chi connectivity index (χ0n) is 13.2. The predicted molar refractivity (Wildman–Crippen MR) is 84.7 cm³/mol. The molecule has 2 rings (SSSR count). The lowest BCUT2D eigenvalue weighted by Gasteiger charge is -2.26. The van der Waals surface area contributed by atoms with Crippen LogP contribution in [0.2, 0.25) is 0 Å². The minimum atomic E-state index is -0.130. The molecule has 0 fully saturated rings. The first kappa shape index (κ1) is 15.9. The van der Waals surface area contributed by atoms with E-state index in [4.69, 9.17) is 4.74 Å². The van der Waals surface area contributed by atoms with Crippen LogP contribution in [0.15, 0.2) is 42.5 Å². The number of hydrogen-bond acceptors (Lipinski definition) is 4. The van der Waals surface area contributed by atoms with Gasteiger partial charge < -0.3 is 9.64 Å². The van der Waals surface area contributed by atoms with E-state index in [1.54, 1.807) is 17.0 Å². The highest BCUT2D eigenvalue weighted by atomic mass is 16.5. The fourth-order valence-electron chi connectivity index (χ4n) is 2.08. The van der Waals surface area contributed by atoms with Crippen LogP contribution >= 0.6 is 0 Å². The number of carbonyl (C=O) groups excluding carboxylic acids is 1. The average molecular weight is 299 g/mol. The summed E-state index contributed by atoms with van der Waals surface area (Å²) >= 11 is 0. The molecule has 5 nitrogen and oxygen atoms in total. The molecule has 0 bridgehead atoms. The number of carbonyl (C=O) groups is 1. The van der Waals surface area contributed by atoms with Gasteiger partial charge in [-0.05, 0) is 32.4 Å². The van der Waals surface area contributed by atoms with Gasteiger partial charge in [0.25, 0.3) is 5.91 Å². The maximum absolute atomic E-state index is 12.6. The summed E-state index contributed by atoms with van der Waals surface area (Å²) in [7, 11) is 0. The van der Waals surface area contributed by atoms with Crippen LogP contribution in [0.25, 0.3) is 0 Å². The third-order valence-corrected chi connectivity index (χ3v) is 3.23. The standard InChI is InChI=1S/C17H21N3O2/c1-4-22-16-11-10-15(18-19-16)17(21)20(13(2)3)12-14-8-6-5-7-9-14/h5-11,13H,4,12H2,1-3H3. The van der Waals surface area contributed by atoms with E-state index in [1.807, 2.05) is 51.1 Å². The smallest absolute Gasteiger partial charge is 0.274 e. The van der Waals surface area contributed by atoms with Gasteiger partial charge in [-0.15, -0.1) is 10.2 Å². The highest BCUT2D eigenvalue weighted by molar-refractivity contribution is 5.92. The Bertz CT molecular complexity index is 597. The van der Waals surface area contributed by atoms with E-state index in [9.17, 15) is 4.79 Å². The molecule has 0 spiro atoms. The quantitative estimate of drug-likeness (QED) is 0.823. The van der Waals surface area contributed by atoms with Crippen LogP contribution in [0.5, 0.6) is 5.88 Å². The molecule has 2 aromatic rings. The van der Waals surface area contributed by atoms with Crippen molar-refractivity contribution in [1.29, 1.82) is 0 Å². The summed E-state index contributed by atoms with van der Waals surface area (Å²) in [5.41, 5.74) is 1.41. The van der Waals surface area contributed by atoms with Gasteiger partial charge in [-0.1, -0.05) is 30.3 Å². The van der Waals surface area contributed by atoms with E-state index in [0.717, 1.165) is 5.56 Å².